The number of nitrogens with one attached hydrogen (secondary N) is 1. The van der Waals surface area contributed by atoms with E-state index < -0.39 is 5.92 Å². The molecule has 1 aliphatic carbocycles. The minimum Gasteiger partial charge on any atom is -0.497 e. The minimum atomic E-state index is -2.55. The van der Waals surface area contributed by atoms with Crippen LogP contribution in [0.1, 0.15) is 25.7 Å². The molecule has 6 heteroatoms. The molecule has 0 bridgehead atoms. The van der Waals surface area contributed by atoms with Gasteiger partial charge in [-0.3, -0.25) is 4.99 Å². The van der Waals surface area contributed by atoms with Crippen molar-refractivity contribution in [3.8, 4) is 5.75 Å². The van der Waals surface area contributed by atoms with Crippen molar-refractivity contribution in [3.05, 3.63) is 24.3 Å². The Morgan fingerprint density at radius 1 is 1.43 bits per heavy atom. The van der Waals surface area contributed by atoms with E-state index in [0.29, 0.717) is 13.0 Å². The first-order valence-electron chi connectivity index (χ1n) is 7.07. The van der Waals surface area contributed by atoms with Crippen molar-refractivity contribution >= 4 is 11.6 Å². The number of hydrogen-bond donors (Lipinski definition) is 2. The van der Waals surface area contributed by atoms with Crippen LogP contribution in [0.2, 0.25) is 0 Å². The summed E-state index contributed by atoms with van der Waals surface area (Å²) in [5.74, 6) is -1.64. The Morgan fingerprint density at radius 2 is 2.14 bits per heavy atom. The summed E-state index contributed by atoms with van der Waals surface area (Å²) in [6.45, 7) is 0.338. The normalized spacial score (nSPS) is 21.9. The molecule has 1 aromatic carbocycles. The SMILES string of the molecule is COc1ccc(NC(N)=NCC2CCCC(F)(F)C2)cc1. The van der Waals surface area contributed by atoms with Crippen molar-refractivity contribution in [3.63, 3.8) is 0 Å². The number of nitrogens with two attached hydrogens (primary N) is 1. The number of hydrogen-bond acceptors (Lipinski definition) is 2. The fourth-order valence-corrected chi connectivity index (χ4v) is 2.52. The number of anilines is 1. The lowest BCUT2D eigenvalue weighted by molar-refractivity contribution is -0.0507. The molecule has 1 saturated carbocycles. The minimum absolute atomic E-state index is 0.00715. The quantitative estimate of drug-likeness (QED) is 0.662. The Morgan fingerprint density at radius 3 is 2.76 bits per heavy atom. The maximum absolute atomic E-state index is 13.3. The number of aliphatic imine (C=N–C) groups is 1. The van der Waals surface area contributed by atoms with Gasteiger partial charge in [0.05, 0.1) is 7.11 Å². The Hall–Kier alpha value is -1.85. The van der Waals surface area contributed by atoms with Crippen LogP contribution in [0.4, 0.5) is 14.5 Å². The second-order valence-corrected chi connectivity index (χ2v) is 5.40. The van der Waals surface area contributed by atoms with Crippen LogP contribution in [0.15, 0.2) is 29.3 Å². The van der Waals surface area contributed by atoms with Crippen LogP contribution in [-0.2, 0) is 0 Å². The smallest absolute Gasteiger partial charge is 0.248 e. The molecule has 0 heterocycles. The summed E-state index contributed by atoms with van der Waals surface area (Å²) in [4.78, 5) is 4.17. The van der Waals surface area contributed by atoms with E-state index >= 15 is 0 Å². The number of guanidine groups is 1. The molecule has 0 spiro atoms. The van der Waals surface area contributed by atoms with Crippen LogP contribution in [0.3, 0.4) is 0 Å². The predicted molar refractivity (Wildman–Crippen MR) is 80.0 cm³/mol. The van der Waals surface area contributed by atoms with Crippen molar-refractivity contribution in [1.29, 1.82) is 0 Å². The largest absolute Gasteiger partial charge is 0.497 e. The molecule has 1 aliphatic rings. The molecule has 0 saturated heterocycles. The number of nitrogens with zero attached hydrogens (tertiary/aromatic N) is 1. The van der Waals surface area contributed by atoms with Crippen LogP contribution in [0.5, 0.6) is 5.75 Å². The second kappa shape index (κ2) is 6.74. The highest BCUT2D eigenvalue weighted by Gasteiger charge is 2.35. The molecule has 2 rings (SSSR count). The summed E-state index contributed by atoms with van der Waals surface area (Å²) >= 11 is 0. The van der Waals surface area contributed by atoms with Gasteiger partial charge in [-0.25, -0.2) is 8.78 Å². The van der Waals surface area contributed by atoms with Gasteiger partial charge in [0.1, 0.15) is 5.75 Å². The van der Waals surface area contributed by atoms with Gasteiger partial charge in [-0.1, -0.05) is 0 Å². The Balaban J connectivity index is 1.85. The van der Waals surface area contributed by atoms with Gasteiger partial charge in [0.25, 0.3) is 0 Å². The van der Waals surface area contributed by atoms with E-state index in [1.807, 2.05) is 12.1 Å². The molecular weight excluding hydrogens is 276 g/mol. The van der Waals surface area contributed by atoms with E-state index in [-0.39, 0.29) is 24.7 Å². The van der Waals surface area contributed by atoms with Gasteiger partial charge in [-0.2, -0.15) is 0 Å². The molecule has 0 amide bonds. The van der Waals surface area contributed by atoms with Crippen molar-refractivity contribution in [2.45, 2.75) is 31.6 Å². The predicted octanol–water partition coefficient (Wildman–Crippen LogP) is 3.25. The molecule has 0 aliphatic heterocycles. The molecule has 21 heavy (non-hydrogen) atoms. The summed E-state index contributed by atoms with van der Waals surface area (Å²) in [7, 11) is 1.60. The summed E-state index contributed by atoms with van der Waals surface area (Å²) in [5.41, 5.74) is 6.56. The first-order chi connectivity index (χ1) is 9.98. The highest BCUT2D eigenvalue weighted by molar-refractivity contribution is 5.92. The van der Waals surface area contributed by atoms with E-state index in [4.69, 9.17) is 10.5 Å². The second-order valence-electron chi connectivity index (χ2n) is 5.40. The van der Waals surface area contributed by atoms with E-state index in [1.54, 1.807) is 19.2 Å². The standard InChI is InChI=1S/C15H21F2N3O/c1-21-13-6-4-12(5-7-13)20-14(18)19-10-11-3-2-8-15(16,17)9-11/h4-7,11H,2-3,8-10H2,1H3,(H3,18,19,20). The van der Waals surface area contributed by atoms with Crippen molar-refractivity contribution in [2.75, 3.05) is 19.0 Å². The molecular formula is C15H21F2N3O. The molecule has 4 nitrogen and oxygen atoms in total. The van der Waals surface area contributed by atoms with Crippen molar-refractivity contribution in [1.82, 2.24) is 0 Å². The Kier molecular flexibility index (Phi) is 4.98. The third kappa shape index (κ3) is 4.88. The average molecular weight is 297 g/mol. The zero-order valence-corrected chi connectivity index (χ0v) is 12.1. The van der Waals surface area contributed by atoms with E-state index in [1.165, 1.54) is 0 Å². The number of benzene rings is 1. The van der Waals surface area contributed by atoms with Gasteiger partial charge < -0.3 is 15.8 Å². The third-order valence-electron chi connectivity index (χ3n) is 3.62. The van der Waals surface area contributed by atoms with Crippen molar-refractivity contribution in [2.24, 2.45) is 16.6 Å². The van der Waals surface area contributed by atoms with Gasteiger partial charge in [-0.15, -0.1) is 0 Å². The van der Waals surface area contributed by atoms with Crippen LogP contribution in [0.25, 0.3) is 0 Å². The van der Waals surface area contributed by atoms with E-state index in [2.05, 4.69) is 10.3 Å². The summed E-state index contributed by atoms with van der Waals surface area (Å²) in [6, 6.07) is 7.24. The van der Waals surface area contributed by atoms with E-state index in [9.17, 15) is 8.78 Å². The lowest BCUT2D eigenvalue weighted by Gasteiger charge is -2.27. The number of methoxy groups -OCH3 is 1. The van der Waals surface area contributed by atoms with Crippen LogP contribution < -0.4 is 15.8 Å². The highest BCUT2D eigenvalue weighted by Crippen LogP contribution is 2.36. The number of alkyl halides is 2. The zero-order chi connectivity index (χ0) is 15.3. The topological polar surface area (TPSA) is 59.6 Å². The Labute approximate surface area is 123 Å². The fraction of sp³-hybridized carbons (Fsp3) is 0.533. The average Bonchev–Trinajstić information content (AvgIpc) is 2.45. The van der Waals surface area contributed by atoms with Gasteiger partial charge >= 0.3 is 0 Å². The summed E-state index contributed by atoms with van der Waals surface area (Å²) < 4.78 is 31.6. The molecule has 116 valence electrons. The van der Waals surface area contributed by atoms with Gasteiger partial charge in [0.15, 0.2) is 5.96 Å². The number of halogens is 2. The van der Waals surface area contributed by atoms with Crippen LogP contribution >= 0.6 is 0 Å². The summed E-state index contributed by atoms with van der Waals surface area (Å²) in [6.07, 6.45) is 1.24. The number of ether oxygens (including phenoxy) is 1. The van der Waals surface area contributed by atoms with Crippen molar-refractivity contribution < 1.29 is 13.5 Å². The van der Waals surface area contributed by atoms with Gasteiger partial charge in [0, 0.05) is 25.1 Å². The lowest BCUT2D eigenvalue weighted by atomic mass is 9.87. The first kappa shape index (κ1) is 15.5. The molecule has 1 atom stereocenters. The first-order valence-corrected chi connectivity index (χ1v) is 7.07. The van der Waals surface area contributed by atoms with Gasteiger partial charge in [-0.05, 0) is 43.0 Å². The molecule has 1 fully saturated rings. The van der Waals surface area contributed by atoms with Crippen LogP contribution in [-0.4, -0.2) is 25.5 Å². The fourth-order valence-electron chi connectivity index (χ4n) is 2.52. The van der Waals surface area contributed by atoms with Crippen LogP contribution in [0, 0.1) is 5.92 Å². The zero-order valence-electron chi connectivity index (χ0n) is 12.1. The number of rotatable bonds is 4. The lowest BCUT2D eigenvalue weighted by Crippen LogP contribution is -2.29. The van der Waals surface area contributed by atoms with E-state index in [0.717, 1.165) is 17.9 Å². The summed E-state index contributed by atoms with van der Waals surface area (Å²) in [5, 5.41) is 2.94. The monoisotopic (exact) mass is 297 g/mol. The molecule has 0 aromatic heterocycles. The third-order valence-corrected chi connectivity index (χ3v) is 3.62. The highest BCUT2D eigenvalue weighted by atomic mass is 19.3. The molecule has 0 radical (unpaired) electrons. The maximum Gasteiger partial charge on any atom is 0.248 e. The maximum atomic E-state index is 13.3. The Bertz CT molecular complexity index is 488. The molecule has 1 unspecified atom stereocenters. The molecule has 1 aromatic rings. The van der Waals surface area contributed by atoms with Gasteiger partial charge in [0.2, 0.25) is 5.92 Å². The molecule has 3 N–H and O–H groups in total.